The van der Waals surface area contributed by atoms with Gasteiger partial charge in [-0.25, -0.2) is 9.29 Å². The monoisotopic (exact) mass is 593 g/mol. The van der Waals surface area contributed by atoms with Gasteiger partial charge in [0.05, 0.1) is 16.6 Å². The van der Waals surface area contributed by atoms with Gasteiger partial charge in [-0.3, -0.25) is 23.7 Å². The highest BCUT2D eigenvalue weighted by Crippen LogP contribution is 2.53. The summed E-state index contributed by atoms with van der Waals surface area (Å²) in [5.41, 5.74) is 2.59. The van der Waals surface area contributed by atoms with Crippen molar-refractivity contribution in [2.75, 3.05) is 10.2 Å². The lowest BCUT2D eigenvalue weighted by molar-refractivity contribution is -0.122. The van der Waals surface area contributed by atoms with Crippen molar-refractivity contribution >= 4 is 63.8 Å². The van der Waals surface area contributed by atoms with E-state index < -0.39 is 34.7 Å². The number of carbonyl (C=O) groups excluding carboxylic acids is 3. The number of nitrogens with one attached hydrogen (secondary N) is 1. The van der Waals surface area contributed by atoms with Gasteiger partial charge in [-0.15, -0.1) is 0 Å². The number of fused-ring (bicyclic) bond motifs is 2. The lowest BCUT2D eigenvalue weighted by Crippen LogP contribution is -2.33. The summed E-state index contributed by atoms with van der Waals surface area (Å²) in [5.74, 6) is -3.16. The van der Waals surface area contributed by atoms with Crippen LogP contribution in [0.2, 0.25) is 5.02 Å². The second kappa shape index (κ2) is 10.3. The van der Waals surface area contributed by atoms with Crippen LogP contribution in [0.5, 0.6) is 0 Å². The van der Waals surface area contributed by atoms with Crippen LogP contribution in [0, 0.1) is 18.7 Å². The summed E-state index contributed by atoms with van der Waals surface area (Å²) in [6, 6.07) is 19.5. The molecule has 3 atom stereocenters. The number of nitrogens with zero attached hydrogens (tertiary/aromatic N) is 2. The van der Waals surface area contributed by atoms with Gasteiger partial charge in [0.2, 0.25) is 17.7 Å². The highest BCUT2D eigenvalue weighted by molar-refractivity contribution is 8.00. The highest BCUT2D eigenvalue weighted by Gasteiger charge is 2.56. The van der Waals surface area contributed by atoms with E-state index in [0.29, 0.717) is 20.6 Å². The van der Waals surface area contributed by atoms with Crippen LogP contribution in [0.25, 0.3) is 0 Å². The molecule has 40 heavy (non-hydrogen) atoms. The molecule has 11 heteroatoms. The van der Waals surface area contributed by atoms with E-state index in [1.165, 1.54) is 28.8 Å². The van der Waals surface area contributed by atoms with E-state index >= 15 is 0 Å². The molecule has 0 radical (unpaired) electrons. The second-order valence-electron chi connectivity index (χ2n) is 9.62. The Morgan fingerprint density at radius 2 is 1.73 bits per heavy atom. The van der Waals surface area contributed by atoms with Crippen LogP contribution >= 0.6 is 34.7 Å². The van der Waals surface area contributed by atoms with Crippen LogP contribution in [0.1, 0.15) is 21.9 Å². The maximum Gasteiger partial charge on any atom is 0.308 e. The minimum absolute atomic E-state index is 0.250. The third kappa shape index (κ3) is 4.66. The molecule has 0 spiro atoms. The van der Waals surface area contributed by atoms with E-state index in [0.717, 1.165) is 39.1 Å². The Morgan fingerprint density at radius 1 is 1.00 bits per heavy atom. The van der Waals surface area contributed by atoms with Crippen molar-refractivity contribution < 1.29 is 18.8 Å². The molecule has 1 N–H and O–H groups in total. The smallest absolute Gasteiger partial charge is 0.308 e. The van der Waals surface area contributed by atoms with Gasteiger partial charge in [0.1, 0.15) is 17.6 Å². The van der Waals surface area contributed by atoms with Crippen LogP contribution in [0.4, 0.5) is 15.8 Å². The van der Waals surface area contributed by atoms with E-state index in [1.54, 1.807) is 30.3 Å². The van der Waals surface area contributed by atoms with Crippen molar-refractivity contribution in [2.45, 2.75) is 29.7 Å². The number of benzene rings is 3. The Balaban J connectivity index is 1.41. The van der Waals surface area contributed by atoms with E-state index in [1.807, 2.05) is 25.1 Å². The number of amides is 3. The molecule has 3 unspecified atom stereocenters. The molecule has 2 aliphatic heterocycles. The van der Waals surface area contributed by atoms with Gasteiger partial charge in [-0.2, -0.15) is 0 Å². The Bertz CT molecular complexity index is 1720. The largest absolute Gasteiger partial charge is 0.325 e. The zero-order chi connectivity index (χ0) is 28.1. The number of anilines is 2. The molecule has 2 aliphatic rings. The SMILES string of the molecule is Cc1cccc(NC(=O)Cn2c3c(sc2=O)C(c2ccc(Cl)cc2)C2C(=O)N(c4ccc(F)cc4)C(=O)C2S3)c1. The van der Waals surface area contributed by atoms with Crippen molar-refractivity contribution in [3.05, 3.63) is 109 Å². The number of imide groups is 1. The number of rotatable bonds is 5. The maximum atomic E-state index is 13.8. The highest BCUT2D eigenvalue weighted by atomic mass is 35.5. The van der Waals surface area contributed by atoms with Crippen LogP contribution in [0.3, 0.4) is 0 Å². The fourth-order valence-corrected chi connectivity index (χ4v) is 8.10. The lowest BCUT2D eigenvalue weighted by atomic mass is 9.83. The molecular formula is C29H21ClFN3O4S2. The fraction of sp³-hybridized carbons (Fsp3) is 0.172. The Kier molecular flexibility index (Phi) is 6.85. The molecule has 6 rings (SSSR count). The summed E-state index contributed by atoms with van der Waals surface area (Å²) in [6.07, 6.45) is 0. The number of halogens is 2. The van der Waals surface area contributed by atoms with Gasteiger partial charge < -0.3 is 5.32 Å². The van der Waals surface area contributed by atoms with Crippen LogP contribution in [-0.2, 0) is 20.9 Å². The number of aromatic nitrogens is 1. The Labute approximate surface area is 241 Å². The molecule has 1 saturated heterocycles. The molecule has 0 saturated carbocycles. The molecule has 4 aromatic rings. The molecular weight excluding hydrogens is 573 g/mol. The van der Waals surface area contributed by atoms with E-state index in [2.05, 4.69) is 5.32 Å². The molecule has 1 aromatic heterocycles. The van der Waals surface area contributed by atoms with Crippen LogP contribution in [-0.4, -0.2) is 27.5 Å². The first-order valence-electron chi connectivity index (χ1n) is 12.4. The summed E-state index contributed by atoms with van der Waals surface area (Å²) in [4.78, 5) is 55.1. The third-order valence-corrected chi connectivity index (χ3v) is 9.82. The summed E-state index contributed by atoms with van der Waals surface area (Å²) in [7, 11) is 0. The van der Waals surface area contributed by atoms with Crippen LogP contribution < -0.4 is 15.1 Å². The average Bonchev–Trinajstić information content (AvgIpc) is 3.36. The van der Waals surface area contributed by atoms with E-state index in [4.69, 9.17) is 11.6 Å². The van der Waals surface area contributed by atoms with Crippen LogP contribution in [0.15, 0.2) is 82.6 Å². The molecule has 202 valence electrons. The standard InChI is InChI=1S/C29H21ClFN3O4S2/c1-15-3-2-4-19(13-15)32-21(35)14-33-28-25(40-29(33)38)22(16-5-7-17(30)8-6-16)23-24(39-28)27(37)34(26(23)36)20-11-9-18(31)10-12-20/h2-13,22-24H,14H2,1H3,(H,32,35). The molecule has 0 bridgehead atoms. The number of hydrogen-bond acceptors (Lipinski definition) is 6. The summed E-state index contributed by atoms with van der Waals surface area (Å²) in [5, 5.41) is 2.97. The number of hydrogen-bond donors (Lipinski definition) is 1. The second-order valence-corrected chi connectivity index (χ2v) is 12.2. The predicted octanol–water partition coefficient (Wildman–Crippen LogP) is 5.45. The normalized spacial score (nSPS) is 19.9. The number of carbonyl (C=O) groups is 3. The molecule has 1 fully saturated rings. The zero-order valence-corrected chi connectivity index (χ0v) is 23.4. The van der Waals surface area contributed by atoms with E-state index in [-0.39, 0.29) is 23.0 Å². The number of thiazole rings is 1. The summed E-state index contributed by atoms with van der Waals surface area (Å²) in [6.45, 7) is 1.66. The van der Waals surface area contributed by atoms with Crippen molar-refractivity contribution in [1.29, 1.82) is 0 Å². The first kappa shape index (κ1) is 26.5. The van der Waals surface area contributed by atoms with Gasteiger partial charge in [0.25, 0.3) is 0 Å². The zero-order valence-electron chi connectivity index (χ0n) is 21.0. The first-order chi connectivity index (χ1) is 19.2. The van der Waals surface area contributed by atoms with Crippen molar-refractivity contribution in [2.24, 2.45) is 5.92 Å². The number of thioether (sulfide) groups is 1. The Hall–Kier alpha value is -3.73. The fourth-order valence-electron chi connectivity index (χ4n) is 5.20. The quantitative estimate of drug-likeness (QED) is 0.311. The van der Waals surface area contributed by atoms with Gasteiger partial charge in [-0.05, 0) is 66.6 Å². The predicted molar refractivity (Wildman–Crippen MR) is 154 cm³/mol. The summed E-state index contributed by atoms with van der Waals surface area (Å²) < 4.78 is 15.0. The van der Waals surface area contributed by atoms with E-state index in [9.17, 15) is 23.6 Å². The van der Waals surface area contributed by atoms with Crippen molar-refractivity contribution in [3.8, 4) is 0 Å². The maximum absolute atomic E-state index is 13.8. The Morgan fingerprint density at radius 3 is 2.42 bits per heavy atom. The average molecular weight is 594 g/mol. The third-order valence-electron chi connectivity index (χ3n) is 6.97. The molecule has 3 aromatic carbocycles. The van der Waals surface area contributed by atoms with Gasteiger partial charge in [0, 0.05) is 21.5 Å². The van der Waals surface area contributed by atoms with Crippen molar-refractivity contribution in [1.82, 2.24) is 4.57 Å². The van der Waals surface area contributed by atoms with Crippen molar-refractivity contribution in [3.63, 3.8) is 0 Å². The molecule has 3 heterocycles. The van der Waals surface area contributed by atoms with Gasteiger partial charge >= 0.3 is 4.87 Å². The minimum atomic E-state index is -0.842. The molecule has 7 nitrogen and oxygen atoms in total. The minimum Gasteiger partial charge on any atom is -0.325 e. The number of aryl methyl sites for hydroxylation is 1. The molecule has 0 aliphatic carbocycles. The molecule has 3 amide bonds. The topological polar surface area (TPSA) is 88.5 Å². The van der Waals surface area contributed by atoms with Gasteiger partial charge in [-0.1, -0.05) is 59.0 Å². The summed E-state index contributed by atoms with van der Waals surface area (Å²) >= 11 is 8.22. The first-order valence-corrected chi connectivity index (χ1v) is 14.4. The van der Waals surface area contributed by atoms with Gasteiger partial charge in [0.15, 0.2) is 0 Å². The lowest BCUT2D eigenvalue weighted by Gasteiger charge is -2.30.